The molecule has 3 unspecified atom stereocenters. The van der Waals surface area contributed by atoms with Crippen LogP contribution in [0.15, 0.2) is 30.5 Å². The molecule has 226 valence electrons. The maximum Gasteiger partial charge on any atom is 0.410 e. The van der Waals surface area contributed by atoms with Gasteiger partial charge in [0.2, 0.25) is 0 Å². The highest BCUT2D eigenvalue weighted by molar-refractivity contribution is 7.85. The maximum atomic E-state index is 13.6. The van der Waals surface area contributed by atoms with Gasteiger partial charge in [-0.15, -0.1) is 0 Å². The third kappa shape index (κ3) is 5.07. The number of likely N-dealkylation sites (tertiary alicyclic amines) is 1. The third-order valence-electron chi connectivity index (χ3n) is 10.4. The molecule has 5 fully saturated rings. The number of ether oxygens (including phenoxy) is 2. The first-order chi connectivity index (χ1) is 20.1. The molecule has 2 aliphatic heterocycles. The van der Waals surface area contributed by atoms with Gasteiger partial charge < -0.3 is 14.4 Å². The van der Waals surface area contributed by atoms with E-state index in [1.165, 1.54) is 17.8 Å². The summed E-state index contributed by atoms with van der Waals surface area (Å²) < 4.78 is 58.2. The van der Waals surface area contributed by atoms with E-state index in [0.29, 0.717) is 25.5 Å². The van der Waals surface area contributed by atoms with Crippen molar-refractivity contribution < 1.29 is 31.6 Å². The zero-order valence-corrected chi connectivity index (χ0v) is 24.7. The fraction of sp³-hybridized carbons (Fsp3) is 0.613. The van der Waals surface area contributed by atoms with E-state index >= 15 is 0 Å². The Morgan fingerprint density at radius 1 is 1.17 bits per heavy atom. The minimum absolute atomic E-state index is 0.00545. The highest BCUT2D eigenvalue weighted by atomic mass is 32.2. The largest absolute Gasteiger partial charge is 0.494 e. The highest BCUT2D eigenvalue weighted by Gasteiger charge is 2.65. The summed E-state index contributed by atoms with van der Waals surface area (Å²) in [6, 6.07) is 7.48. The van der Waals surface area contributed by atoms with Crippen molar-refractivity contribution in [1.82, 2.24) is 14.8 Å². The van der Waals surface area contributed by atoms with Crippen molar-refractivity contribution in [2.75, 3.05) is 32.0 Å². The van der Waals surface area contributed by atoms with E-state index in [1.807, 2.05) is 11.8 Å². The molecule has 2 aromatic rings. The smallest absolute Gasteiger partial charge is 0.410 e. The first kappa shape index (κ1) is 28.0. The summed E-state index contributed by atoms with van der Waals surface area (Å²) in [4.78, 5) is 21.6. The van der Waals surface area contributed by atoms with Crippen molar-refractivity contribution in [1.29, 1.82) is 0 Å². The zero-order valence-electron chi connectivity index (χ0n) is 23.9. The number of fused-ring (bicyclic) bond motifs is 1. The summed E-state index contributed by atoms with van der Waals surface area (Å²) in [5, 5.41) is 0. The van der Waals surface area contributed by atoms with Crippen LogP contribution in [0.25, 0.3) is 11.3 Å². The van der Waals surface area contributed by atoms with Gasteiger partial charge in [0.15, 0.2) is 0 Å². The van der Waals surface area contributed by atoms with E-state index in [1.54, 1.807) is 6.07 Å². The second-order valence-electron chi connectivity index (χ2n) is 13.1. The summed E-state index contributed by atoms with van der Waals surface area (Å²) in [5.41, 5.74) is 3.23. The van der Waals surface area contributed by atoms with Crippen LogP contribution in [0.4, 0.5) is 9.18 Å². The Morgan fingerprint density at radius 3 is 2.55 bits per heavy atom. The predicted molar refractivity (Wildman–Crippen MR) is 153 cm³/mol. The molecule has 11 heteroatoms. The number of hydrogen-bond donors (Lipinski definition) is 1. The van der Waals surface area contributed by atoms with Crippen molar-refractivity contribution in [3.63, 3.8) is 0 Å². The monoisotopic (exact) mass is 599 g/mol. The summed E-state index contributed by atoms with van der Waals surface area (Å²) in [6.07, 6.45) is 6.98. The molecule has 1 N–H and O–H groups in total. The van der Waals surface area contributed by atoms with E-state index in [2.05, 4.69) is 22.0 Å². The van der Waals surface area contributed by atoms with Crippen molar-refractivity contribution >= 4 is 16.2 Å². The Hall–Kier alpha value is -2.76. The van der Waals surface area contributed by atoms with Gasteiger partial charge in [0.05, 0.1) is 30.8 Å². The molecule has 1 amide bonds. The molecule has 3 aliphatic carbocycles. The van der Waals surface area contributed by atoms with Gasteiger partial charge in [-0.25, -0.2) is 9.18 Å². The number of hydrogen-bond acceptors (Lipinski definition) is 7. The van der Waals surface area contributed by atoms with E-state index in [0.717, 1.165) is 80.7 Å². The lowest BCUT2D eigenvalue weighted by molar-refractivity contribution is -0.122. The Labute approximate surface area is 246 Å². The zero-order chi connectivity index (χ0) is 29.3. The van der Waals surface area contributed by atoms with Crippen LogP contribution in [-0.2, 0) is 21.4 Å². The van der Waals surface area contributed by atoms with Gasteiger partial charge in [-0.1, -0.05) is 0 Å². The molecule has 1 aromatic heterocycles. The molecule has 3 heterocycles. The van der Waals surface area contributed by atoms with E-state index < -0.39 is 15.7 Å². The lowest BCUT2D eigenvalue weighted by atomic mass is 9.45. The first-order valence-electron chi connectivity index (χ1n) is 15.2. The molecule has 7 rings (SSSR count). The number of rotatable bonds is 9. The van der Waals surface area contributed by atoms with Crippen LogP contribution in [0, 0.1) is 17.2 Å². The Morgan fingerprint density at radius 2 is 1.95 bits per heavy atom. The summed E-state index contributed by atoms with van der Waals surface area (Å²) >= 11 is 0. The minimum Gasteiger partial charge on any atom is -0.494 e. The topological polar surface area (TPSA) is 109 Å². The number of carbonyl (C=O) groups excluding carboxylic acids is 1. The molecule has 0 radical (unpaired) electrons. The number of nitrogens with zero attached hydrogens (tertiary/aromatic N) is 3. The van der Waals surface area contributed by atoms with Gasteiger partial charge in [0.1, 0.15) is 17.2 Å². The molecule has 1 aromatic carbocycles. The van der Waals surface area contributed by atoms with Crippen LogP contribution in [0.3, 0.4) is 0 Å². The number of piperidine rings is 1. The van der Waals surface area contributed by atoms with Gasteiger partial charge in [-0.05, 0) is 86.1 Å². The van der Waals surface area contributed by atoms with E-state index in [-0.39, 0.29) is 35.0 Å². The highest BCUT2D eigenvalue weighted by Crippen LogP contribution is 2.63. The lowest BCUT2D eigenvalue weighted by Crippen LogP contribution is -2.67. The van der Waals surface area contributed by atoms with Crippen molar-refractivity contribution in [3.8, 4) is 17.0 Å². The van der Waals surface area contributed by atoms with Gasteiger partial charge in [0.25, 0.3) is 10.1 Å². The van der Waals surface area contributed by atoms with Crippen molar-refractivity contribution in [2.24, 2.45) is 11.3 Å². The summed E-state index contributed by atoms with van der Waals surface area (Å²) in [7, 11) is -4.04. The van der Waals surface area contributed by atoms with Crippen LogP contribution < -0.4 is 4.74 Å². The number of carbonyl (C=O) groups is 1. The maximum absolute atomic E-state index is 13.6. The van der Waals surface area contributed by atoms with Gasteiger partial charge in [-0.3, -0.25) is 14.4 Å². The second-order valence-corrected chi connectivity index (χ2v) is 14.5. The SMILES string of the molecule is CCOc1cc(-c2ccc(F)cn2)c(C2CC2)cc1CN1CCC2(CC1)CN(C1CC3(CS(=O)(=O)O)CCC13)C(=O)O2. The first-order valence-corrected chi connectivity index (χ1v) is 16.8. The normalized spacial score (nSPS) is 28.6. The quantitative estimate of drug-likeness (QED) is 0.401. The van der Waals surface area contributed by atoms with E-state index in [4.69, 9.17) is 9.47 Å². The van der Waals surface area contributed by atoms with Crippen molar-refractivity contribution in [2.45, 2.75) is 76.0 Å². The van der Waals surface area contributed by atoms with Gasteiger partial charge >= 0.3 is 6.09 Å². The van der Waals surface area contributed by atoms with Crippen LogP contribution in [0.5, 0.6) is 5.75 Å². The Balaban J connectivity index is 1.03. The summed E-state index contributed by atoms with van der Waals surface area (Å²) in [5.74, 6) is 0.854. The van der Waals surface area contributed by atoms with Crippen LogP contribution in [-0.4, -0.2) is 77.5 Å². The molecule has 2 saturated heterocycles. The second kappa shape index (κ2) is 10.2. The summed E-state index contributed by atoms with van der Waals surface area (Å²) in [6.45, 7) is 5.34. The van der Waals surface area contributed by atoms with Crippen LogP contribution in [0.2, 0.25) is 0 Å². The Bertz CT molecular complexity index is 1490. The average Bonchev–Trinajstić information content (AvgIpc) is 3.73. The standard InChI is InChI=1S/C31H38FN3O6S/c1-2-40-28-14-24(26-6-5-22(32)16-33-26)23(20-3-4-20)13-21(28)17-34-11-9-31(10-12-34)18-35(29(36)41-31)27-15-30(8-7-25(27)30)19-42(37,38)39/h5-6,13-14,16,20,25,27H,2-4,7-12,15,17-19H2,1H3,(H,37,38,39). The van der Waals surface area contributed by atoms with Gasteiger partial charge in [-0.2, -0.15) is 8.42 Å². The molecule has 3 atom stereocenters. The minimum atomic E-state index is -4.04. The fourth-order valence-corrected chi connectivity index (χ4v) is 9.17. The fourth-order valence-electron chi connectivity index (χ4n) is 7.97. The molecule has 5 aliphatic rings. The molecule has 1 spiro atoms. The van der Waals surface area contributed by atoms with Crippen molar-refractivity contribution in [3.05, 3.63) is 47.4 Å². The number of aromatic nitrogens is 1. The molecule has 0 bridgehead atoms. The molecule has 3 saturated carbocycles. The number of halogens is 1. The molecule has 42 heavy (non-hydrogen) atoms. The predicted octanol–water partition coefficient (Wildman–Crippen LogP) is 5.01. The van der Waals surface area contributed by atoms with Crippen LogP contribution >= 0.6 is 0 Å². The average molecular weight is 600 g/mol. The van der Waals surface area contributed by atoms with Gasteiger partial charge in [0, 0.05) is 49.6 Å². The number of amides is 1. The molecular formula is C31H38FN3O6S. The van der Waals surface area contributed by atoms with E-state index in [9.17, 15) is 22.2 Å². The third-order valence-corrected chi connectivity index (χ3v) is 11.3. The number of benzene rings is 1. The Kier molecular flexibility index (Phi) is 6.78. The number of pyridine rings is 1. The van der Waals surface area contributed by atoms with Crippen LogP contribution in [0.1, 0.15) is 68.9 Å². The lowest BCUT2D eigenvalue weighted by Gasteiger charge is -2.64. The molecular weight excluding hydrogens is 561 g/mol. The molecule has 9 nitrogen and oxygen atoms in total.